The zero-order valence-electron chi connectivity index (χ0n) is 9.49. The fourth-order valence-electron chi connectivity index (χ4n) is 1.14. The van der Waals surface area contributed by atoms with Crippen molar-refractivity contribution in [1.29, 1.82) is 0 Å². The molecule has 0 unspecified atom stereocenters. The van der Waals surface area contributed by atoms with Crippen LogP contribution in [0, 0.1) is 0 Å². The monoisotopic (exact) mass is 286 g/mol. The van der Waals surface area contributed by atoms with Crippen LogP contribution in [0.2, 0.25) is 0 Å². The SMILES string of the molecule is CC(C)N(C)C(=O)c1cc(Br)cnc1NN. The molecule has 0 saturated carbocycles. The number of nitrogens with zero attached hydrogens (tertiary/aromatic N) is 2. The highest BCUT2D eigenvalue weighted by Gasteiger charge is 2.18. The van der Waals surface area contributed by atoms with Gasteiger partial charge in [-0.1, -0.05) is 0 Å². The van der Waals surface area contributed by atoms with Gasteiger partial charge in [-0.05, 0) is 35.8 Å². The van der Waals surface area contributed by atoms with Crippen molar-refractivity contribution in [3.8, 4) is 0 Å². The van der Waals surface area contributed by atoms with Crippen LogP contribution in [0.5, 0.6) is 0 Å². The summed E-state index contributed by atoms with van der Waals surface area (Å²) in [6.45, 7) is 3.89. The van der Waals surface area contributed by atoms with Crippen molar-refractivity contribution in [2.24, 2.45) is 5.84 Å². The van der Waals surface area contributed by atoms with E-state index in [1.54, 1.807) is 24.2 Å². The number of carbonyl (C=O) groups is 1. The molecule has 88 valence electrons. The number of rotatable bonds is 3. The highest BCUT2D eigenvalue weighted by Crippen LogP contribution is 2.19. The first-order valence-electron chi connectivity index (χ1n) is 4.86. The molecule has 1 rings (SSSR count). The quantitative estimate of drug-likeness (QED) is 0.654. The number of aromatic nitrogens is 1. The first-order chi connectivity index (χ1) is 7.47. The third kappa shape index (κ3) is 2.70. The molecular formula is C10H15BrN4O. The zero-order chi connectivity index (χ0) is 12.3. The van der Waals surface area contributed by atoms with E-state index in [0.29, 0.717) is 11.4 Å². The molecular weight excluding hydrogens is 272 g/mol. The minimum atomic E-state index is -0.114. The van der Waals surface area contributed by atoms with Crippen LogP contribution in [-0.2, 0) is 0 Å². The molecule has 0 atom stereocenters. The number of hydrazine groups is 1. The molecule has 0 fully saturated rings. The van der Waals surface area contributed by atoms with Crippen molar-refractivity contribution in [3.05, 3.63) is 22.3 Å². The second-order valence-electron chi connectivity index (χ2n) is 3.70. The van der Waals surface area contributed by atoms with Crippen LogP contribution in [0.4, 0.5) is 5.82 Å². The topological polar surface area (TPSA) is 71.2 Å². The van der Waals surface area contributed by atoms with E-state index in [4.69, 9.17) is 5.84 Å². The van der Waals surface area contributed by atoms with Crippen LogP contribution >= 0.6 is 15.9 Å². The van der Waals surface area contributed by atoms with Gasteiger partial charge in [0, 0.05) is 23.8 Å². The molecule has 1 heterocycles. The van der Waals surface area contributed by atoms with Gasteiger partial charge in [-0.3, -0.25) is 4.79 Å². The number of nitrogens with one attached hydrogen (secondary N) is 1. The molecule has 1 aromatic heterocycles. The van der Waals surface area contributed by atoms with Gasteiger partial charge in [0.05, 0.1) is 5.56 Å². The molecule has 0 radical (unpaired) electrons. The van der Waals surface area contributed by atoms with Crippen molar-refractivity contribution < 1.29 is 4.79 Å². The van der Waals surface area contributed by atoms with Gasteiger partial charge in [0.2, 0.25) is 0 Å². The first-order valence-corrected chi connectivity index (χ1v) is 5.66. The lowest BCUT2D eigenvalue weighted by molar-refractivity contribution is 0.0755. The van der Waals surface area contributed by atoms with Gasteiger partial charge in [0.25, 0.3) is 5.91 Å². The van der Waals surface area contributed by atoms with Crippen LogP contribution in [0.25, 0.3) is 0 Å². The molecule has 0 spiro atoms. The van der Waals surface area contributed by atoms with E-state index in [1.807, 2.05) is 13.8 Å². The molecule has 5 nitrogen and oxygen atoms in total. The standard InChI is InChI=1S/C10H15BrN4O/c1-6(2)15(3)10(16)8-4-7(11)5-13-9(8)14-12/h4-6H,12H2,1-3H3,(H,13,14). The highest BCUT2D eigenvalue weighted by atomic mass is 79.9. The van der Waals surface area contributed by atoms with Crippen molar-refractivity contribution in [3.63, 3.8) is 0 Å². The molecule has 0 aliphatic rings. The van der Waals surface area contributed by atoms with Gasteiger partial charge < -0.3 is 10.3 Å². The zero-order valence-corrected chi connectivity index (χ0v) is 11.1. The number of nitrogens with two attached hydrogens (primary N) is 1. The number of carbonyl (C=O) groups excluding carboxylic acids is 1. The Hall–Kier alpha value is -1.14. The summed E-state index contributed by atoms with van der Waals surface area (Å²) in [4.78, 5) is 17.7. The van der Waals surface area contributed by atoms with Crippen LogP contribution < -0.4 is 11.3 Å². The number of hydrogen-bond acceptors (Lipinski definition) is 4. The van der Waals surface area contributed by atoms with Crippen LogP contribution in [0.3, 0.4) is 0 Å². The minimum Gasteiger partial charge on any atom is -0.339 e. The molecule has 3 N–H and O–H groups in total. The van der Waals surface area contributed by atoms with E-state index in [0.717, 1.165) is 4.47 Å². The van der Waals surface area contributed by atoms with Gasteiger partial charge in [-0.15, -0.1) is 0 Å². The predicted octanol–water partition coefficient (Wildman–Crippen LogP) is 1.61. The van der Waals surface area contributed by atoms with Crippen molar-refractivity contribution in [2.75, 3.05) is 12.5 Å². The third-order valence-electron chi connectivity index (χ3n) is 2.32. The molecule has 1 amide bonds. The van der Waals surface area contributed by atoms with Crippen molar-refractivity contribution in [1.82, 2.24) is 9.88 Å². The number of hydrogen-bond donors (Lipinski definition) is 2. The van der Waals surface area contributed by atoms with E-state index in [-0.39, 0.29) is 11.9 Å². The van der Waals surface area contributed by atoms with E-state index in [2.05, 4.69) is 26.3 Å². The molecule has 0 aliphatic carbocycles. The van der Waals surface area contributed by atoms with Gasteiger partial charge in [-0.2, -0.15) is 0 Å². The van der Waals surface area contributed by atoms with Crippen LogP contribution in [-0.4, -0.2) is 28.9 Å². The normalized spacial score (nSPS) is 10.4. The van der Waals surface area contributed by atoms with Gasteiger partial charge in [-0.25, -0.2) is 10.8 Å². The summed E-state index contributed by atoms with van der Waals surface area (Å²) in [6.07, 6.45) is 1.58. The third-order valence-corrected chi connectivity index (χ3v) is 2.75. The Morgan fingerprint density at radius 3 is 2.75 bits per heavy atom. The summed E-state index contributed by atoms with van der Waals surface area (Å²) < 4.78 is 0.743. The van der Waals surface area contributed by atoms with E-state index in [9.17, 15) is 4.79 Å². The molecule has 16 heavy (non-hydrogen) atoms. The van der Waals surface area contributed by atoms with Crippen molar-refractivity contribution in [2.45, 2.75) is 19.9 Å². The number of nitrogen functional groups attached to an aromatic ring is 1. The van der Waals surface area contributed by atoms with Gasteiger partial charge in [0.1, 0.15) is 0 Å². The highest BCUT2D eigenvalue weighted by molar-refractivity contribution is 9.10. The van der Waals surface area contributed by atoms with Crippen LogP contribution in [0.1, 0.15) is 24.2 Å². The Bertz CT molecular complexity index is 394. The maximum Gasteiger partial charge on any atom is 0.257 e. The fourth-order valence-corrected chi connectivity index (χ4v) is 1.47. The van der Waals surface area contributed by atoms with Gasteiger partial charge >= 0.3 is 0 Å². The smallest absolute Gasteiger partial charge is 0.257 e. The summed E-state index contributed by atoms with van der Waals surface area (Å²) in [5, 5.41) is 0. The lowest BCUT2D eigenvalue weighted by Crippen LogP contribution is -2.34. The minimum absolute atomic E-state index is 0.114. The lowest BCUT2D eigenvalue weighted by atomic mass is 10.2. The molecule has 6 heteroatoms. The summed E-state index contributed by atoms with van der Waals surface area (Å²) in [6, 6.07) is 1.82. The van der Waals surface area contributed by atoms with Crippen LogP contribution in [0.15, 0.2) is 16.7 Å². The Kier molecular flexibility index (Phi) is 4.26. The number of anilines is 1. The summed E-state index contributed by atoms with van der Waals surface area (Å²) in [5.74, 6) is 5.58. The maximum atomic E-state index is 12.1. The van der Waals surface area contributed by atoms with E-state index >= 15 is 0 Å². The molecule has 0 bridgehead atoms. The first kappa shape index (κ1) is 12.9. The number of halogens is 1. The number of amides is 1. The summed E-state index contributed by atoms with van der Waals surface area (Å²) in [7, 11) is 1.74. The Balaban J connectivity index is 3.11. The molecule has 0 aliphatic heterocycles. The predicted molar refractivity (Wildman–Crippen MR) is 67.0 cm³/mol. The lowest BCUT2D eigenvalue weighted by Gasteiger charge is -2.22. The second kappa shape index (κ2) is 5.27. The fraction of sp³-hybridized carbons (Fsp3) is 0.400. The van der Waals surface area contributed by atoms with Gasteiger partial charge in [0.15, 0.2) is 5.82 Å². The second-order valence-corrected chi connectivity index (χ2v) is 4.62. The molecule has 0 saturated heterocycles. The molecule has 0 aromatic carbocycles. The Morgan fingerprint density at radius 2 is 2.25 bits per heavy atom. The summed E-state index contributed by atoms with van der Waals surface area (Å²) >= 11 is 3.28. The molecule has 1 aromatic rings. The van der Waals surface area contributed by atoms with Crippen molar-refractivity contribution >= 4 is 27.7 Å². The number of pyridine rings is 1. The maximum absolute atomic E-state index is 12.1. The largest absolute Gasteiger partial charge is 0.339 e. The average molecular weight is 287 g/mol. The van der Waals surface area contributed by atoms with E-state index in [1.165, 1.54) is 0 Å². The average Bonchev–Trinajstić information content (AvgIpc) is 2.26. The van der Waals surface area contributed by atoms with E-state index < -0.39 is 0 Å². The summed E-state index contributed by atoms with van der Waals surface area (Å²) in [5.41, 5.74) is 2.87. The Labute approximate surface area is 103 Å². The Morgan fingerprint density at radius 1 is 1.62 bits per heavy atom.